The Balaban J connectivity index is 2.68. The van der Waals surface area contributed by atoms with Crippen LogP contribution < -0.4 is 0 Å². The van der Waals surface area contributed by atoms with Gasteiger partial charge in [-0.25, -0.2) is 4.79 Å². The van der Waals surface area contributed by atoms with Crippen molar-refractivity contribution in [2.75, 3.05) is 0 Å². The van der Waals surface area contributed by atoms with E-state index in [0.717, 1.165) is 12.8 Å². The summed E-state index contributed by atoms with van der Waals surface area (Å²) in [6, 6.07) is 0. The first-order chi connectivity index (χ1) is 5.53. The molecular formula is C10H14OSi. The molecule has 12 heavy (non-hydrogen) atoms. The van der Waals surface area contributed by atoms with Crippen LogP contribution >= 0.6 is 0 Å². The molecule has 0 aliphatic heterocycles. The summed E-state index contributed by atoms with van der Waals surface area (Å²) >= 11 is 0. The zero-order chi connectivity index (χ0) is 9.19. The fourth-order valence-corrected chi connectivity index (χ4v) is 1.35. The van der Waals surface area contributed by atoms with Crippen molar-refractivity contribution >= 4 is 14.0 Å². The third-order valence-corrected chi connectivity index (χ3v) is 2.54. The summed E-state index contributed by atoms with van der Waals surface area (Å²) in [6.07, 6.45) is 2.26. The van der Waals surface area contributed by atoms with Gasteiger partial charge in [0.2, 0.25) is 0 Å². The van der Waals surface area contributed by atoms with Gasteiger partial charge in [-0.05, 0) is 12.8 Å². The zero-order valence-corrected chi connectivity index (χ0v) is 8.90. The Kier molecular flexibility index (Phi) is 2.57. The van der Waals surface area contributed by atoms with E-state index in [1.165, 1.54) is 0 Å². The quantitative estimate of drug-likeness (QED) is 0.341. The highest BCUT2D eigenvalue weighted by Crippen LogP contribution is 2.34. The Morgan fingerprint density at radius 3 is 2.25 bits per heavy atom. The van der Waals surface area contributed by atoms with E-state index >= 15 is 0 Å². The summed E-state index contributed by atoms with van der Waals surface area (Å²) in [7, 11) is -1.32. The van der Waals surface area contributed by atoms with Crippen LogP contribution in [0.5, 0.6) is 0 Å². The first kappa shape index (κ1) is 9.32. The second-order valence-corrected chi connectivity index (χ2v) is 9.04. The van der Waals surface area contributed by atoms with E-state index in [0.29, 0.717) is 11.5 Å². The van der Waals surface area contributed by atoms with Gasteiger partial charge < -0.3 is 0 Å². The molecule has 1 aliphatic rings. The number of carbonyl (C=O) groups excluding carboxylic acids is 1. The standard InChI is InChI=1S/C10H14OSi/c1-12(2,3)7-6-10(8-11)9-4-5-9/h9H,4-5H2,1-3H3. The highest BCUT2D eigenvalue weighted by Gasteiger charge is 2.26. The van der Waals surface area contributed by atoms with Crippen LogP contribution in [0.15, 0.2) is 5.57 Å². The van der Waals surface area contributed by atoms with Crippen molar-refractivity contribution < 1.29 is 4.79 Å². The lowest BCUT2D eigenvalue weighted by Gasteiger charge is -2.02. The van der Waals surface area contributed by atoms with Crippen molar-refractivity contribution in [1.29, 1.82) is 0 Å². The molecule has 0 unspecified atom stereocenters. The van der Waals surface area contributed by atoms with Crippen molar-refractivity contribution in [2.45, 2.75) is 32.5 Å². The van der Waals surface area contributed by atoms with E-state index in [2.05, 4.69) is 31.1 Å². The van der Waals surface area contributed by atoms with Crippen LogP contribution in [-0.4, -0.2) is 14.0 Å². The summed E-state index contributed by atoms with van der Waals surface area (Å²) in [4.78, 5) is 10.5. The van der Waals surface area contributed by atoms with Crippen LogP contribution in [-0.2, 0) is 4.79 Å². The molecule has 1 aliphatic carbocycles. The van der Waals surface area contributed by atoms with Crippen LogP contribution in [0.25, 0.3) is 0 Å². The van der Waals surface area contributed by atoms with Crippen LogP contribution in [0.1, 0.15) is 12.8 Å². The van der Waals surface area contributed by atoms with Gasteiger partial charge in [0.05, 0.1) is 5.57 Å². The molecule has 0 N–H and O–H groups in total. The lowest BCUT2D eigenvalue weighted by molar-refractivity contribution is 0.566. The minimum absolute atomic E-state index is 0.450. The molecule has 1 fully saturated rings. The number of hydrogen-bond acceptors (Lipinski definition) is 1. The van der Waals surface area contributed by atoms with Crippen molar-refractivity contribution in [3.63, 3.8) is 0 Å². The minimum atomic E-state index is -1.32. The largest absolute Gasteiger partial charge is 0.232 e. The van der Waals surface area contributed by atoms with Crippen LogP contribution in [0.4, 0.5) is 0 Å². The third-order valence-electron chi connectivity index (χ3n) is 1.67. The van der Waals surface area contributed by atoms with E-state index in [-0.39, 0.29) is 0 Å². The Morgan fingerprint density at radius 2 is 1.92 bits per heavy atom. The molecule has 0 atom stereocenters. The molecule has 1 saturated carbocycles. The molecule has 0 saturated heterocycles. The van der Waals surface area contributed by atoms with Crippen molar-refractivity contribution in [1.82, 2.24) is 0 Å². The van der Waals surface area contributed by atoms with Gasteiger partial charge in [-0.3, -0.25) is 0 Å². The Morgan fingerprint density at radius 1 is 1.33 bits per heavy atom. The molecule has 0 radical (unpaired) electrons. The Bertz CT molecular complexity index is 277. The molecule has 0 aromatic heterocycles. The first-order valence-electron chi connectivity index (χ1n) is 4.31. The molecule has 0 amide bonds. The normalized spacial score (nSPS) is 15.9. The van der Waals surface area contributed by atoms with Gasteiger partial charge in [-0.15, -0.1) is 5.54 Å². The highest BCUT2D eigenvalue weighted by atomic mass is 28.3. The van der Waals surface area contributed by atoms with E-state index in [4.69, 9.17) is 0 Å². The molecule has 0 spiro atoms. The van der Waals surface area contributed by atoms with Crippen LogP contribution in [0.2, 0.25) is 19.6 Å². The summed E-state index contributed by atoms with van der Waals surface area (Å²) < 4.78 is 0. The molecular weight excluding hydrogens is 164 g/mol. The van der Waals surface area contributed by atoms with Crippen LogP contribution in [0, 0.1) is 17.4 Å². The summed E-state index contributed by atoms with van der Waals surface area (Å²) in [6.45, 7) is 6.53. The average molecular weight is 178 g/mol. The average Bonchev–Trinajstić information content (AvgIpc) is 2.70. The summed E-state index contributed by atoms with van der Waals surface area (Å²) in [5.41, 5.74) is 3.89. The molecule has 1 nitrogen and oxygen atoms in total. The first-order valence-corrected chi connectivity index (χ1v) is 7.81. The van der Waals surface area contributed by atoms with Gasteiger partial charge in [0, 0.05) is 5.92 Å². The minimum Gasteiger partial charge on any atom is -0.232 e. The SMILES string of the molecule is C[Si](C)(C)C#CC(=C=O)C1CC1. The van der Waals surface area contributed by atoms with Gasteiger partial charge in [0.15, 0.2) is 0 Å². The Hall–Kier alpha value is -0.773. The van der Waals surface area contributed by atoms with E-state index in [9.17, 15) is 4.79 Å². The number of rotatable bonds is 1. The second kappa shape index (κ2) is 3.31. The van der Waals surface area contributed by atoms with Crippen molar-refractivity contribution in [3.05, 3.63) is 5.57 Å². The van der Waals surface area contributed by atoms with Crippen molar-refractivity contribution in [3.8, 4) is 11.5 Å². The molecule has 0 aromatic carbocycles. The lowest BCUT2D eigenvalue weighted by Crippen LogP contribution is -2.16. The molecule has 2 heteroatoms. The number of allylic oxidation sites excluding steroid dienone is 1. The summed E-state index contributed by atoms with van der Waals surface area (Å²) in [5.74, 6) is 5.38. The predicted octanol–water partition coefficient (Wildman–Crippen LogP) is 2.04. The van der Waals surface area contributed by atoms with Gasteiger partial charge in [-0.1, -0.05) is 25.6 Å². The van der Waals surface area contributed by atoms with E-state index < -0.39 is 8.07 Å². The van der Waals surface area contributed by atoms with E-state index in [1.54, 1.807) is 0 Å². The maximum Gasteiger partial charge on any atom is 0.137 e. The van der Waals surface area contributed by atoms with E-state index in [1.807, 2.05) is 5.94 Å². The maximum absolute atomic E-state index is 10.5. The lowest BCUT2D eigenvalue weighted by atomic mass is 10.2. The number of hydrogen-bond donors (Lipinski definition) is 0. The molecule has 0 heterocycles. The van der Waals surface area contributed by atoms with Crippen molar-refractivity contribution in [2.24, 2.45) is 5.92 Å². The van der Waals surface area contributed by atoms with Crippen LogP contribution in [0.3, 0.4) is 0 Å². The molecule has 0 aromatic rings. The maximum atomic E-state index is 10.5. The summed E-state index contributed by atoms with van der Waals surface area (Å²) in [5, 5.41) is 0. The fraction of sp³-hybridized carbons (Fsp3) is 0.600. The van der Waals surface area contributed by atoms with Gasteiger partial charge in [0.1, 0.15) is 14.0 Å². The molecule has 64 valence electrons. The van der Waals surface area contributed by atoms with Gasteiger partial charge in [-0.2, -0.15) is 0 Å². The zero-order valence-electron chi connectivity index (χ0n) is 7.90. The van der Waals surface area contributed by atoms with Gasteiger partial charge in [0.25, 0.3) is 0 Å². The topological polar surface area (TPSA) is 17.1 Å². The monoisotopic (exact) mass is 178 g/mol. The fourth-order valence-electron chi connectivity index (χ4n) is 0.838. The van der Waals surface area contributed by atoms with Gasteiger partial charge >= 0.3 is 0 Å². The predicted molar refractivity (Wildman–Crippen MR) is 53.1 cm³/mol. The Labute approximate surface area is 74.9 Å². The molecule has 0 bridgehead atoms. The second-order valence-electron chi connectivity index (χ2n) is 4.29. The molecule has 1 rings (SSSR count). The smallest absolute Gasteiger partial charge is 0.137 e. The highest BCUT2D eigenvalue weighted by molar-refractivity contribution is 6.83. The third kappa shape index (κ3) is 3.09.